The average molecular weight is 333 g/mol. The summed E-state index contributed by atoms with van der Waals surface area (Å²) >= 11 is 1.52. The quantitative estimate of drug-likeness (QED) is 0.837. The average Bonchev–Trinajstić information content (AvgIpc) is 3.06. The molecule has 0 bridgehead atoms. The molecule has 3 heterocycles. The van der Waals surface area contributed by atoms with Gasteiger partial charge >= 0.3 is 0 Å². The van der Waals surface area contributed by atoms with Crippen LogP contribution in [0.5, 0.6) is 0 Å². The molecule has 1 aliphatic rings. The number of H-pyrrole nitrogens is 1. The van der Waals surface area contributed by atoms with Crippen LogP contribution in [-0.4, -0.2) is 31.4 Å². The van der Waals surface area contributed by atoms with E-state index in [1.807, 2.05) is 0 Å². The highest BCUT2D eigenvalue weighted by Gasteiger charge is 2.21. The molecule has 1 aliphatic heterocycles. The number of nitrogens with one attached hydrogen (secondary N) is 2. The van der Waals surface area contributed by atoms with E-state index >= 15 is 0 Å². The van der Waals surface area contributed by atoms with Crippen LogP contribution in [0.2, 0.25) is 0 Å². The van der Waals surface area contributed by atoms with E-state index in [2.05, 4.69) is 41.3 Å². The van der Waals surface area contributed by atoms with Gasteiger partial charge in [-0.25, -0.2) is 4.98 Å². The molecule has 23 heavy (non-hydrogen) atoms. The Kier molecular flexibility index (Phi) is 4.01. The highest BCUT2D eigenvalue weighted by Crippen LogP contribution is 2.22. The Morgan fingerprint density at radius 3 is 3.00 bits per heavy atom. The van der Waals surface area contributed by atoms with Gasteiger partial charge in [-0.3, -0.25) is 19.3 Å². The van der Waals surface area contributed by atoms with Crippen molar-refractivity contribution in [3.63, 3.8) is 0 Å². The second kappa shape index (κ2) is 5.84. The minimum Gasteiger partial charge on any atom is -0.305 e. The van der Waals surface area contributed by atoms with Crippen LogP contribution in [0.15, 0.2) is 22.2 Å². The number of amides is 1. The molecule has 0 spiro atoms. The van der Waals surface area contributed by atoms with Crippen molar-refractivity contribution in [1.29, 1.82) is 0 Å². The van der Waals surface area contributed by atoms with Gasteiger partial charge in [-0.1, -0.05) is 32.5 Å². The number of aromatic nitrogens is 4. The molecule has 0 aliphatic carbocycles. The molecule has 0 atom stereocenters. The molecule has 3 rings (SSSR count). The van der Waals surface area contributed by atoms with Gasteiger partial charge in [-0.2, -0.15) is 5.10 Å². The topological polar surface area (TPSA) is 92.7 Å². The third-order valence-electron chi connectivity index (χ3n) is 3.39. The lowest BCUT2D eigenvalue weighted by atomic mass is 9.91. The summed E-state index contributed by atoms with van der Waals surface area (Å²) in [6.45, 7) is 6.97. The lowest BCUT2D eigenvalue weighted by Gasteiger charge is -2.15. The van der Waals surface area contributed by atoms with E-state index < -0.39 is 5.91 Å². The largest absolute Gasteiger partial charge is 0.305 e. The molecule has 2 N–H and O–H groups in total. The molecule has 0 saturated carbocycles. The van der Waals surface area contributed by atoms with E-state index in [0.29, 0.717) is 17.5 Å². The van der Waals surface area contributed by atoms with Crippen LogP contribution < -0.4 is 10.9 Å². The van der Waals surface area contributed by atoms with Gasteiger partial charge in [0, 0.05) is 30.3 Å². The standard InChI is InChI=1S/C15H19N5O2S/c1-15(2,3)7-9-6-11(19-18-9)17-12(21)10-8-16-14-20(13(10)22)4-5-23-14/h6,8H,4-5,7H2,1-3H3,(H2,17,18,19,21). The number of rotatable bonds is 3. The summed E-state index contributed by atoms with van der Waals surface area (Å²) in [6, 6.07) is 1.79. The van der Waals surface area contributed by atoms with Crippen molar-refractivity contribution in [3.05, 3.63) is 33.9 Å². The van der Waals surface area contributed by atoms with Crippen molar-refractivity contribution in [2.75, 3.05) is 11.1 Å². The Hall–Kier alpha value is -2.09. The van der Waals surface area contributed by atoms with Gasteiger partial charge in [0.2, 0.25) is 0 Å². The summed E-state index contributed by atoms with van der Waals surface area (Å²) in [7, 11) is 0. The van der Waals surface area contributed by atoms with E-state index in [-0.39, 0.29) is 16.5 Å². The third-order valence-corrected chi connectivity index (χ3v) is 4.37. The second-order valence-corrected chi connectivity index (χ2v) is 7.79. The molecule has 0 aromatic carbocycles. The summed E-state index contributed by atoms with van der Waals surface area (Å²) in [4.78, 5) is 28.8. The van der Waals surface area contributed by atoms with E-state index in [0.717, 1.165) is 17.9 Å². The smallest absolute Gasteiger partial charge is 0.267 e. The zero-order valence-electron chi connectivity index (χ0n) is 13.3. The first-order chi connectivity index (χ1) is 10.8. The Labute approximate surface area is 137 Å². The maximum atomic E-state index is 12.3. The number of hydrogen-bond acceptors (Lipinski definition) is 5. The number of carbonyl (C=O) groups is 1. The zero-order valence-corrected chi connectivity index (χ0v) is 14.2. The fraction of sp³-hybridized carbons (Fsp3) is 0.467. The lowest BCUT2D eigenvalue weighted by molar-refractivity contribution is 0.102. The van der Waals surface area contributed by atoms with Gasteiger partial charge < -0.3 is 5.32 Å². The minimum absolute atomic E-state index is 0.0385. The van der Waals surface area contributed by atoms with E-state index in [1.54, 1.807) is 6.07 Å². The molecule has 0 saturated heterocycles. The normalized spacial score (nSPS) is 13.9. The zero-order chi connectivity index (χ0) is 16.6. The molecule has 2 aromatic heterocycles. The Bertz CT molecular complexity index is 803. The van der Waals surface area contributed by atoms with Gasteiger partial charge in [-0.05, 0) is 11.8 Å². The van der Waals surface area contributed by atoms with Crippen LogP contribution in [0.3, 0.4) is 0 Å². The monoisotopic (exact) mass is 333 g/mol. The SMILES string of the molecule is CC(C)(C)Cc1cc(NC(=O)c2cnc3n(c2=O)CCS3)n[nH]1. The van der Waals surface area contributed by atoms with Crippen molar-refractivity contribution >= 4 is 23.5 Å². The van der Waals surface area contributed by atoms with Crippen LogP contribution in [-0.2, 0) is 13.0 Å². The molecule has 7 nitrogen and oxygen atoms in total. The minimum atomic E-state index is -0.483. The van der Waals surface area contributed by atoms with Gasteiger partial charge in [-0.15, -0.1) is 0 Å². The van der Waals surface area contributed by atoms with Crippen LogP contribution in [0, 0.1) is 5.41 Å². The molecule has 0 unspecified atom stereocenters. The van der Waals surface area contributed by atoms with Crippen molar-refractivity contribution in [2.45, 2.75) is 38.9 Å². The summed E-state index contributed by atoms with van der Waals surface area (Å²) in [6.07, 6.45) is 2.15. The number of aromatic amines is 1. The molecule has 0 radical (unpaired) electrons. The molecule has 0 fully saturated rings. The predicted molar refractivity (Wildman–Crippen MR) is 88.9 cm³/mol. The predicted octanol–water partition coefficient (Wildman–Crippen LogP) is 1.91. The van der Waals surface area contributed by atoms with Crippen molar-refractivity contribution < 1.29 is 4.79 Å². The fourth-order valence-electron chi connectivity index (χ4n) is 2.44. The Balaban J connectivity index is 1.77. The molecule has 8 heteroatoms. The van der Waals surface area contributed by atoms with Gasteiger partial charge in [0.05, 0.1) is 0 Å². The van der Waals surface area contributed by atoms with E-state index in [9.17, 15) is 9.59 Å². The third kappa shape index (κ3) is 3.47. The highest BCUT2D eigenvalue weighted by molar-refractivity contribution is 7.99. The van der Waals surface area contributed by atoms with Crippen molar-refractivity contribution in [1.82, 2.24) is 19.7 Å². The first-order valence-corrected chi connectivity index (χ1v) is 8.40. The maximum absolute atomic E-state index is 12.3. The molecule has 1 amide bonds. The number of carbonyl (C=O) groups excluding carboxylic acids is 1. The summed E-state index contributed by atoms with van der Waals surface area (Å²) in [5.41, 5.74) is 0.793. The van der Waals surface area contributed by atoms with E-state index in [1.165, 1.54) is 22.5 Å². The highest BCUT2D eigenvalue weighted by atomic mass is 32.2. The number of hydrogen-bond donors (Lipinski definition) is 2. The van der Waals surface area contributed by atoms with Gasteiger partial charge in [0.15, 0.2) is 11.0 Å². The fourth-order valence-corrected chi connectivity index (χ4v) is 3.36. The van der Waals surface area contributed by atoms with E-state index in [4.69, 9.17) is 0 Å². The molecule has 2 aromatic rings. The van der Waals surface area contributed by atoms with Crippen molar-refractivity contribution in [3.8, 4) is 0 Å². The number of nitrogens with zero attached hydrogens (tertiary/aromatic N) is 3. The van der Waals surface area contributed by atoms with Crippen molar-refractivity contribution in [2.24, 2.45) is 5.41 Å². The Morgan fingerprint density at radius 1 is 1.48 bits per heavy atom. The first-order valence-electron chi connectivity index (χ1n) is 7.42. The maximum Gasteiger partial charge on any atom is 0.267 e. The Morgan fingerprint density at radius 2 is 2.26 bits per heavy atom. The second-order valence-electron chi connectivity index (χ2n) is 6.73. The van der Waals surface area contributed by atoms with Crippen LogP contribution in [0.1, 0.15) is 36.8 Å². The van der Waals surface area contributed by atoms with Gasteiger partial charge in [0.1, 0.15) is 5.56 Å². The lowest BCUT2D eigenvalue weighted by Crippen LogP contribution is -2.29. The van der Waals surface area contributed by atoms with Crippen LogP contribution in [0.4, 0.5) is 5.82 Å². The van der Waals surface area contributed by atoms with Crippen LogP contribution in [0.25, 0.3) is 0 Å². The first kappa shape index (κ1) is 15.8. The number of anilines is 1. The van der Waals surface area contributed by atoms with Crippen LogP contribution >= 0.6 is 11.8 Å². The summed E-state index contributed by atoms with van der Waals surface area (Å²) < 4.78 is 1.54. The van der Waals surface area contributed by atoms with Gasteiger partial charge in [0.25, 0.3) is 11.5 Å². The summed E-state index contributed by atoms with van der Waals surface area (Å²) in [5, 5.41) is 10.3. The molecular weight excluding hydrogens is 314 g/mol. The summed E-state index contributed by atoms with van der Waals surface area (Å²) in [5.74, 6) is 0.736. The number of fused-ring (bicyclic) bond motifs is 1. The number of thioether (sulfide) groups is 1. The molecular formula is C15H19N5O2S. The molecule has 122 valence electrons.